The smallest absolute Gasteiger partial charge is 0.244 e. The van der Waals surface area contributed by atoms with Crippen molar-refractivity contribution in [3.05, 3.63) is 71.8 Å². The zero-order valence-electron chi connectivity index (χ0n) is 17.3. The largest absolute Gasteiger partial charge is 0.381 e. The molecule has 3 atom stereocenters. The van der Waals surface area contributed by atoms with E-state index in [1.54, 1.807) is 12.5 Å². The number of rotatable bonds is 10. The van der Waals surface area contributed by atoms with E-state index >= 15 is 0 Å². The molecular weight excluding hydrogens is 398 g/mol. The number of hydrogen-bond donors (Lipinski definition) is 4. The minimum atomic E-state index is -0.606. The van der Waals surface area contributed by atoms with Crippen molar-refractivity contribution in [3.63, 3.8) is 0 Å². The van der Waals surface area contributed by atoms with E-state index in [-0.39, 0.29) is 18.2 Å². The first-order chi connectivity index (χ1) is 14.4. The van der Waals surface area contributed by atoms with Gasteiger partial charge in [0.15, 0.2) is 0 Å². The van der Waals surface area contributed by atoms with Crippen LogP contribution in [0.4, 0.5) is 0 Å². The Labute approximate surface area is 183 Å². The lowest BCUT2D eigenvalue weighted by Crippen LogP contribution is -2.48. The van der Waals surface area contributed by atoms with Gasteiger partial charge in [0.2, 0.25) is 11.8 Å². The lowest BCUT2D eigenvalue weighted by Gasteiger charge is -2.25. The molecule has 0 bridgehead atoms. The Hall–Kier alpha value is -2.77. The molecule has 0 spiro atoms. The number of carbonyl (C=O) groups excluding carboxylic acids is 2. The maximum atomic E-state index is 13.1. The Bertz CT molecular complexity index is 830. The Morgan fingerprint density at radius 1 is 1.03 bits per heavy atom. The van der Waals surface area contributed by atoms with Crippen molar-refractivity contribution in [3.8, 4) is 0 Å². The van der Waals surface area contributed by atoms with Crippen molar-refractivity contribution in [2.24, 2.45) is 5.92 Å². The van der Waals surface area contributed by atoms with Crippen LogP contribution < -0.4 is 16.1 Å². The van der Waals surface area contributed by atoms with E-state index in [1.807, 2.05) is 67.6 Å². The summed E-state index contributed by atoms with van der Waals surface area (Å²) < 4.78 is 0. The first-order valence-corrected chi connectivity index (χ1v) is 10.4. The Kier molecular flexibility index (Phi) is 9.44. The van der Waals surface area contributed by atoms with Gasteiger partial charge in [0.05, 0.1) is 11.0 Å². The third kappa shape index (κ3) is 7.24. The summed E-state index contributed by atoms with van der Waals surface area (Å²) in [6.45, 7) is 2.02. The molecule has 1 unspecified atom stereocenters. The summed E-state index contributed by atoms with van der Waals surface area (Å²) in [5.74, 6) is -1.39. The highest BCUT2D eigenvalue weighted by atomic mass is 32.1. The topological polar surface area (TPSA) is 90.5 Å². The van der Waals surface area contributed by atoms with Crippen LogP contribution >= 0.6 is 12.2 Å². The number of hydroxylamine groups is 1. The normalized spacial score (nSPS) is 13.6. The molecule has 0 fully saturated rings. The van der Waals surface area contributed by atoms with E-state index in [0.717, 1.165) is 11.1 Å². The minimum Gasteiger partial charge on any atom is -0.381 e. The van der Waals surface area contributed by atoms with E-state index in [1.165, 1.54) is 0 Å². The van der Waals surface area contributed by atoms with Crippen molar-refractivity contribution < 1.29 is 14.8 Å². The lowest BCUT2D eigenvalue weighted by atomic mass is 9.87. The quantitative estimate of drug-likeness (QED) is 0.266. The molecule has 0 saturated carbocycles. The molecule has 0 aliphatic carbocycles. The molecule has 4 N–H and O–H groups in total. The van der Waals surface area contributed by atoms with Crippen LogP contribution in [0, 0.1) is 5.92 Å². The number of likely N-dealkylation sites (N-methyl/N-ethyl adjacent to an activating group) is 1. The maximum absolute atomic E-state index is 13.1. The predicted octanol–water partition coefficient (Wildman–Crippen LogP) is 2.97. The number of benzene rings is 2. The number of thiocarbonyl (C=S) groups is 1. The molecule has 0 saturated heterocycles. The zero-order chi connectivity index (χ0) is 21.9. The summed E-state index contributed by atoms with van der Waals surface area (Å²) in [6.07, 6.45) is 0.900. The molecule has 0 aliphatic heterocycles. The fourth-order valence-electron chi connectivity index (χ4n) is 3.42. The van der Waals surface area contributed by atoms with Crippen LogP contribution in [0.15, 0.2) is 60.7 Å². The van der Waals surface area contributed by atoms with Gasteiger partial charge in [0, 0.05) is 19.4 Å². The fraction of sp³-hybridized carbons (Fsp3) is 0.348. The highest BCUT2D eigenvalue weighted by Crippen LogP contribution is 2.25. The Balaban J connectivity index is 2.15. The molecule has 0 heterocycles. The van der Waals surface area contributed by atoms with Crippen LogP contribution in [-0.2, 0) is 16.0 Å². The first kappa shape index (κ1) is 23.5. The summed E-state index contributed by atoms with van der Waals surface area (Å²) in [4.78, 5) is 25.5. The molecule has 0 radical (unpaired) electrons. The number of hydrogen-bond acceptors (Lipinski definition) is 4. The molecular formula is C23H29N3O3S. The van der Waals surface area contributed by atoms with Crippen molar-refractivity contribution in [2.45, 2.75) is 38.1 Å². The third-order valence-corrected chi connectivity index (χ3v) is 5.58. The summed E-state index contributed by atoms with van der Waals surface area (Å²) in [5.41, 5.74) is 3.77. The molecule has 0 aromatic heterocycles. The summed E-state index contributed by atoms with van der Waals surface area (Å²) in [5, 5.41) is 14.9. The van der Waals surface area contributed by atoms with Crippen molar-refractivity contribution in [2.75, 3.05) is 7.05 Å². The van der Waals surface area contributed by atoms with Crippen LogP contribution in [0.3, 0.4) is 0 Å². The van der Waals surface area contributed by atoms with Gasteiger partial charge < -0.3 is 10.6 Å². The first-order valence-electron chi connectivity index (χ1n) is 9.98. The SMILES string of the molecule is CNC(=S)[C@H](Cc1ccccc1)NC(=O)[C@@H](CC(=O)NO)CC(C)c1ccccc1. The maximum Gasteiger partial charge on any atom is 0.244 e. The van der Waals surface area contributed by atoms with Crippen molar-refractivity contribution in [1.29, 1.82) is 0 Å². The zero-order valence-corrected chi connectivity index (χ0v) is 18.1. The van der Waals surface area contributed by atoms with Gasteiger partial charge in [0.25, 0.3) is 0 Å². The molecule has 2 aromatic rings. The van der Waals surface area contributed by atoms with Crippen molar-refractivity contribution in [1.82, 2.24) is 16.1 Å². The third-order valence-electron chi connectivity index (χ3n) is 5.10. The molecule has 2 rings (SSSR count). The second-order valence-corrected chi connectivity index (χ2v) is 7.79. The highest BCUT2D eigenvalue weighted by molar-refractivity contribution is 7.80. The van der Waals surface area contributed by atoms with Crippen LogP contribution in [0.1, 0.15) is 36.8 Å². The standard InChI is InChI=1S/C23H29N3O3S/c1-16(18-11-7-4-8-12-18)13-19(15-21(27)26-29)22(28)25-20(23(30)24-2)14-17-9-5-3-6-10-17/h3-12,16,19-20,29H,13-15H2,1-2H3,(H,24,30)(H,25,28)(H,26,27)/t16?,19-,20+/m1/s1. The Morgan fingerprint density at radius 3 is 2.20 bits per heavy atom. The minimum absolute atomic E-state index is 0.0669. The molecule has 6 nitrogen and oxygen atoms in total. The lowest BCUT2D eigenvalue weighted by molar-refractivity contribution is -0.135. The monoisotopic (exact) mass is 427 g/mol. The summed E-state index contributed by atoms with van der Waals surface area (Å²) in [7, 11) is 1.72. The number of amides is 2. The van der Waals surface area contributed by atoms with E-state index in [2.05, 4.69) is 10.6 Å². The highest BCUT2D eigenvalue weighted by Gasteiger charge is 2.27. The van der Waals surface area contributed by atoms with Gasteiger partial charge in [0.1, 0.15) is 0 Å². The average molecular weight is 428 g/mol. The molecule has 2 amide bonds. The van der Waals surface area contributed by atoms with Crippen LogP contribution in [0.25, 0.3) is 0 Å². The number of nitrogens with one attached hydrogen (secondary N) is 3. The van der Waals surface area contributed by atoms with E-state index in [0.29, 0.717) is 17.8 Å². The van der Waals surface area contributed by atoms with Gasteiger partial charge >= 0.3 is 0 Å². The molecule has 7 heteroatoms. The second-order valence-electron chi connectivity index (χ2n) is 7.35. The average Bonchev–Trinajstić information content (AvgIpc) is 2.78. The van der Waals surface area contributed by atoms with Crippen LogP contribution in [-0.4, -0.2) is 35.1 Å². The predicted molar refractivity (Wildman–Crippen MR) is 121 cm³/mol. The Morgan fingerprint density at radius 2 is 1.63 bits per heavy atom. The summed E-state index contributed by atoms with van der Waals surface area (Å²) >= 11 is 5.41. The van der Waals surface area contributed by atoms with E-state index in [9.17, 15) is 9.59 Å². The van der Waals surface area contributed by atoms with E-state index < -0.39 is 17.9 Å². The van der Waals surface area contributed by atoms with Gasteiger partial charge in [-0.05, 0) is 29.9 Å². The van der Waals surface area contributed by atoms with Gasteiger partial charge in [-0.2, -0.15) is 0 Å². The van der Waals surface area contributed by atoms with Gasteiger partial charge in [-0.25, -0.2) is 5.48 Å². The van der Waals surface area contributed by atoms with E-state index in [4.69, 9.17) is 17.4 Å². The van der Waals surface area contributed by atoms with Crippen LogP contribution in [0.5, 0.6) is 0 Å². The van der Waals surface area contributed by atoms with Gasteiger partial charge in [-0.15, -0.1) is 0 Å². The summed E-state index contributed by atoms with van der Waals surface area (Å²) in [6, 6.07) is 19.2. The fourth-order valence-corrected chi connectivity index (χ4v) is 3.56. The van der Waals surface area contributed by atoms with Gasteiger partial charge in [-0.1, -0.05) is 79.8 Å². The molecule has 30 heavy (non-hydrogen) atoms. The van der Waals surface area contributed by atoms with Crippen LogP contribution in [0.2, 0.25) is 0 Å². The molecule has 0 aliphatic rings. The second kappa shape index (κ2) is 12.0. The number of carbonyl (C=O) groups is 2. The van der Waals surface area contributed by atoms with Gasteiger partial charge in [-0.3, -0.25) is 14.8 Å². The molecule has 2 aromatic carbocycles. The van der Waals surface area contributed by atoms with Crippen molar-refractivity contribution >= 4 is 29.0 Å². The molecule has 160 valence electrons.